The van der Waals surface area contributed by atoms with Crippen LogP contribution in [0.4, 0.5) is 0 Å². The van der Waals surface area contributed by atoms with Gasteiger partial charge in [0.1, 0.15) is 0 Å². The van der Waals surface area contributed by atoms with Crippen molar-refractivity contribution in [3.05, 3.63) is 144 Å². The van der Waals surface area contributed by atoms with Gasteiger partial charge in [-0.1, -0.05) is 121 Å². The lowest BCUT2D eigenvalue weighted by atomic mass is 9.66. The molecule has 4 aromatic carbocycles. The molecule has 0 amide bonds. The molecule has 0 fully saturated rings. The van der Waals surface area contributed by atoms with Crippen LogP contribution >= 0.6 is 0 Å². The minimum absolute atomic E-state index is 0.0806. The van der Waals surface area contributed by atoms with Crippen LogP contribution in [-0.2, 0) is 10.2 Å². The van der Waals surface area contributed by atoms with Crippen molar-refractivity contribution in [3.63, 3.8) is 0 Å². The number of nitrogens with one attached hydrogen (secondary N) is 1. The molecule has 3 heteroatoms. The molecule has 0 aliphatic rings. The Morgan fingerprint density at radius 2 is 1.06 bits per heavy atom. The highest BCUT2D eigenvalue weighted by Gasteiger charge is 2.37. The molecule has 166 valence electrons. The van der Waals surface area contributed by atoms with Gasteiger partial charge < -0.3 is 10.4 Å². The Morgan fingerprint density at radius 3 is 1.45 bits per heavy atom. The molecule has 3 nitrogen and oxygen atoms in total. The van der Waals surface area contributed by atoms with Crippen molar-refractivity contribution < 1.29 is 9.90 Å². The van der Waals surface area contributed by atoms with Gasteiger partial charge >= 0.3 is 5.97 Å². The standard InChI is InChI=1S/C30H29NO2/c32-29(33)22-31-23-30(26-17-9-3-10-18-26,27-19-11-4-12-20-27)21-28(24-13-5-1-6-14-24)25-15-7-2-8-16-25/h1-20,28,31H,21-23H2,(H,32,33). The van der Waals surface area contributed by atoms with E-state index in [2.05, 4.69) is 102 Å². The van der Waals surface area contributed by atoms with E-state index in [4.69, 9.17) is 0 Å². The predicted octanol–water partition coefficient (Wildman–Crippen LogP) is 5.87. The number of hydrogen-bond donors (Lipinski definition) is 2. The Balaban J connectivity index is 1.87. The fourth-order valence-corrected chi connectivity index (χ4v) is 4.72. The van der Waals surface area contributed by atoms with E-state index in [1.54, 1.807) is 0 Å². The van der Waals surface area contributed by atoms with Gasteiger partial charge in [0, 0.05) is 17.9 Å². The Labute approximate surface area is 195 Å². The quantitative estimate of drug-likeness (QED) is 0.328. The second-order valence-corrected chi connectivity index (χ2v) is 8.39. The third-order valence-electron chi connectivity index (χ3n) is 6.31. The van der Waals surface area contributed by atoms with Gasteiger partial charge in [0.05, 0.1) is 6.54 Å². The molecule has 33 heavy (non-hydrogen) atoms. The lowest BCUT2D eigenvalue weighted by molar-refractivity contribution is -0.136. The van der Waals surface area contributed by atoms with Gasteiger partial charge in [0.2, 0.25) is 0 Å². The maximum atomic E-state index is 11.4. The van der Waals surface area contributed by atoms with Crippen LogP contribution in [-0.4, -0.2) is 24.2 Å². The fraction of sp³-hybridized carbons (Fsp3) is 0.167. The molecule has 0 radical (unpaired) electrons. The number of aliphatic carboxylic acids is 1. The van der Waals surface area contributed by atoms with Crippen LogP contribution in [0, 0.1) is 0 Å². The molecule has 0 atom stereocenters. The summed E-state index contributed by atoms with van der Waals surface area (Å²) < 4.78 is 0. The number of carboxylic acid groups (broad SMARTS) is 1. The summed E-state index contributed by atoms with van der Waals surface area (Å²) in [6.07, 6.45) is 0.793. The number of hydrogen-bond acceptors (Lipinski definition) is 2. The number of rotatable bonds is 10. The molecule has 0 aliphatic carbocycles. The third kappa shape index (κ3) is 5.39. The van der Waals surface area contributed by atoms with E-state index < -0.39 is 11.4 Å². The van der Waals surface area contributed by atoms with Crippen molar-refractivity contribution in [1.29, 1.82) is 0 Å². The highest BCUT2D eigenvalue weighted by atomic mass is 16.4. The van der Waals surface area contributed by atoms with Crippen molar-refractivity contribution in [3.8, 4) is 0 Å². The summed E-state index contributed by atoms with van der Waals surface area (Å²) in [6.45, 7) is 0.437. The second-order valence-electron chi connectivity index (χ2n) is 8.39. The zero-order valence-corrected chi connectivity index (χ0v) is 18.6. The van der Waals surface area contributed by atoms with Gasteiger partial charge in [-0.2, -0.15) is 0 Å². The summed E-state index contributed by atoms with van der Waals surface area (Å²) >= 11 is 0. The SMILES string of the molecule is O=C(O)CNCC(CC(c1ccccc1)c1ccccc1)(c1ccccc1)c1ccccc1. The average molecular weight is 436 g/mol. The van der Waals surface area contributed by atoms with Crippen LogP contribution in [0.3, 0.4) is 0 Å². The zero-order valence-electron chi connectivity index (χ0n) is 18.6. The summed E-state index contributed by atoms with van der Waals surface area (Å²) in [7, 11) is 0. The number of carbonyl (C=O) groups is 1. The van der Waals surface area contributed by atoms with E-state index in [0.717, 1.165) is 6.42 Å². The minimum Gasteiger partial charge on any atom is -0.480 e. The zero-order chi connectivity index (χ0) is 22.9. The molecular weight excluding hydrogens is 406 g/mol. The van der Waals surface area contributed by atoms with Gasteiger partial charge in [-0.15, -0.1) is 0 Å². The monoisotopic (exact) mass is 435 g/mol. The Bertz CT molecular complexity index is 1050. The van der Waals surface area contributed by atoms with Crippen molar-refractivity contribution >= 4 is 5.97 Å². The Hall–Kier alpha value is -3.69. The largest absolute Gasteiger partial charge is 0.480 e. The van der Waals surface area contributed by atoms with Gasteiger partial charge in [-0.25, -0.2) is 0 Å². The van der Waals surface area contributed by atoms with Gasteiger partial charge in [0.15, 0.2) is 0 Å². The second kappa shape index (κ2) is 10.8. The van der Waals surface area contributed by atoms with E-state index >= 15 is 0 Å². The van der Waals surface area contributed by atoms with E-state index in [-0.39, 0.29) is 12.5 Å². The maximum absolute atomic E-state index is 11.4. The first-order valence-electron chi connectivity index (χ1n) is 11.3. The topological polar surface area (TPSA) is 49.3 Å². The summed E-state index contributed by atoms with van der Waals surface area (Å²) in [5.41, 5.74) is 4.42. The van der Waals surface area contributed by atoms with Crippen LogP contribution in [0.25, 0.3) is 0 Å². The predicted molar refractivity (Wildman–Crippen MR) is 134 cm³/mol. The van der Waals surface area contributed by atoms with Crippen LogP contribution < -0.4 is 5.32 Å². The highest BCUT2D eigenvalue weighted by Crippen LogP contribution is 2.43. The highest BCUT2D eigenvalue weighted by molar-refractivity contribution is 5.69. The molecule has 4 rings (SSSR count). The van der Waals surface area contributed by atoms with Crippen LogP contribution in [0.2, 0.25) is 0 Å². The van der Waals surface area contributed by atoms with Crippen molar-refractivity contribution in [1.82, 2.24) is 5.32 Å². The molecule has 2 N–H and O–H groups in total. The van der Waals surface area contributed by atoms with Crippen molar-refractivity contribution in [2.45, 2.75) is 17.8 Å². The molecular formula is C30H29NO2. The smallest absolute Gasteiger partial charge is 0.317 e. The lowest BCUT2D eigenvalue weighted by Gasteiger charge is -2.39. The Kier molecular flexibility index (Phi) is 7.33. The third-order valence-corrected chi connectivity index (χ3v) is 6.31. The normalized spacial score (nSPS) is 11.4. The molecule has 0 saturated heterocycles. The molecule has 0 bridgehead atoms. The van der Waals surface area contributed by atoms with Crippen LogP contribution in [0.5, 0.6) is 0 Å². The fourth-order valence-electron chi connectivity index (χ4n) is 4.72. The van der Waals surface area contributed by atoms with Gasteiger partial charge in [-0.05, 0) is 28.7 Å². The van der Waals surface area contributed by atoms with Crippen LogP contribution in [0.15, 0.2) is 121 Å². The molecule has 0 aromatic heterocycles. The lowest BCUT2D eigenvalue weighted by Crippen LogP contribution is -2.42. The maximum Gasteiger partial charge on any atom is 0.317 e. The molecule has 0 unspecified atom stereocenters. The first kappa shape index (κ1) is 22.5. The van der Waals surface area contributed by atoms with Gasteiger partial charge in [-0.3, -0.25) is 4.79 Å². The van der Waals surface area contributed by atoms with E-state index in [9.17, 15) is 9.90 Å². The summed E-state index contributed by atoms with van der Waals surface area (Å²) in [6, 6.07) is 42.1. The first-order chi connectivity index (χ1) is 16.2. The van der Waals surface area contributed by atoms with E-state index in [1.807, 2.05) is 24.3 Å². The number of benzene rings is 4. The summed E-state index contributed by atoms with van der Waals surface area (Å²) in [5, 5.41) is 12.6. The molecule has 4 aromatic rings. The number of carboxylic acids is 1. The summed E-state index contributed by atoms with van der Waals surface area (Å²) in [4.78, 5) is 11.4. The minimum atomic E-state index is -0.854. The molecule has 0 aliphatic heterocycles. The first-order valence-corrected chi connectivity index (χ1v) is 11.3. The van der Waals surface area contributed by atoms with E-state index in [0.29, 0.717) is 6.54 Å². The van der Waals surface area contributed by atoms with Crippen molar-refractivity contribution in [2.75, 3.05) is 13.1 Å². The van der Waals surface area contributed by atoms with Crippen LogP contribution in [0.1, 0.15) is 34.6 Å². The Morgan fingerprint density at radius 1 is 0.667 bits per heavy atom. The summed E-state index contributed by atoms with van der Waals surface area (Å²) in [5.74, 6) is -0.716. The van der Waals surface area contributed by atoms with Gasteiger partial charge in [0.25, 0.3) is 0 Å². The average Bonchev–Trinajstić information content (AvgIpc) is 2.88. The molecule has 0 saturated carbocycles. The van der Waals surface area contributed by atoms with E-state index in [1.165, 1.54) is 22.3 Å². The molecule has 0 heterocycles. The molecule has 0 spiro atoms. The van der Waals surface area contributed by atoms with Crippen molar-refractivity contribution in [2.24, 2.45) is 0 Å².